The van der Waals surface area contributed by atoms with Crippen LogP contribution in [0.2, 0.25) is 0 Å². The molecule has 3 heterocycles. The number of aromatic nitrogens is 4. The minimum Gasteiger partial charge on any atom is -0.394 e. The van der Waals surface area contributed by atoms with Crippen LogP contribution in [0.1, 0.15) is 19.1 Å². The highest BCUT2D eigenvalue weighted by Gasteiger charge is 2.27. The van der Waals surface area contributed by atoms with E-state index in [4.69, 9.17) is 15.6 Å². The predicted molar refractivity (Wildman–Crippen MR) is 60.0 cm³/mol. The molecule has 7 nitrogen and oxygen atoms in total. The Morgan fingerprint density at radius 1 is 1.53 bits per heavy atom. The Labute approximate surface area is 97.2 Å². The fraction of sp³-hybridized carbons (Fsp3) is 0.500. The minimum atomic E-state index is -0.110. The molecular weight excluding hydrogens is 222 g/mol. The van der Waals surface area contributed by atoms with E-state index in [2.05, 4.69) is 15.2 Å². The molecule has 1 saturated heterocycles. The SMILES string of the molecule is Nc1nncc2c1ncn2[C@H]1CC[C@@H](CO)O1. The van der Waals surface area contributed by atoms with E-state index in [0.29, 0.717) is 11.3 Å². The Morgan fingerprint density at radius 2 is 2.41 bits per heavy atom. The van der Waals surface area contributed by atoms with Gasteiger partial charge in [-0.1, -0.05) is 0 Å². The van der Waals surface area contributed by atoms with Gasteiger partial charge in [-0.25, -0.2) is 4.98 Å². The Morgan fingerprint density at radius 3 is 3.18 bits per heavy atom. The van der Waals surface area contributed by atoms with Crippen LogP contribution in [-0.2, 0) is 4.74 Å². The summed E-state index contributed by atoms with van der Waals surface area (Å²) in [6.07, 6.45) is 4.78. The van der Waals surface area contributed by atoms with Crippen LogP contribution >= 0.6 is 0 Å². The third-order valence-electron chi connectivity index (χ3n) is 3.02. The van der Waals surface area contributed by atoms with Gasteiger partial charge in [0.25, 0.3) is 0 Å². The molecule has 90 valence electrons. The van der Waals surface area contributed by atoms with Gasteiger partial charge in [0.1, 0.15) is 11.7 Å². The lowest BCUT2D eigenvalue weighted by molar-refractivity contribution is -0.0205. The van der Waals surface area contributed by atoms with Crippen molar-refractivity contribution in [3.63, 3.8) is 0 Å². The standard InChI is InChI=1S/C10H13N5O2/c11-10-9-7(3-13-14-10)15(5-12-9)8-2-1-6(4-16)17-8/h3,5-6,8,16H,1-2,4H2,(H2,11,14)/t6-,8+/m0/s1. The van der Waals surface area contributed by atoms with Gasteiger partial charge in [0, 0.05) is 0 Å². The maximum Gasteiger partial charge on any atom is 0.174 e. The van der Waals surface area contributed by atoms with Crippen molar-refractivity contribution in [2.75, 3.05) is 12.3 Å². The second-order valence-electron chi connectivity index (χ2n) is 4.09. The van der Waals surface area contributed by atoms with Crippen molar-refractivity contribution >= 4 is 16.9 Å². The zero-order chi connectivity index (χ0) is 11.8. The number of anilines is 1. The van der Waals surface area contributed by atoms with E-state index in [9.17, 15) is 0 Å². The molecule has 1 fully saturated rings. The number of fused-ring (bicyclic) bond motifs is 1. The normalized spacial score (nSPS) is 24.5. The summed E-state index contributed by atoms with van der Waals surface area (Å²) in [5.74, 6) is 0.318. The fourth-order valence-corrected chi connectivity index (χ4v) is 2.14. The van der Waals surface area contributed by atoms with E-state index in [-0.39, 0.29) is 18.9 Å². The Balaban J connectivity index is 1.99. The number of nitrogens with zero attached hydrogens (tertiary/aromatic N) is 4. The second kappa shape index (κ2) is 3.94. The van der Waals surface area contributed by atoms with Crippen LogP contribution in [0.25, 0.3) is 11.0 Å². The van der Waals surface area contributed by atoms with Crippen LogP contribution in [0, 0.1) is 0 Å². The van der Waals surface area contributed by atoms with Crippen molar-refractivity contribution < 1.29 is 9.84 Å². The molecule has 1 aliphatic rings. The van der Waals surface area contributed by atoms with Crippen LogP contribution in [0.5, 0.6) is 0 Å². The van der Waals surface area contributed by atoms with E-state index >= 15 is 0 Å². The van der Waals surface area contributed by atoms with Gasteiger partial charge >= 0.3 is 0 Å². The lowest BCUT2D eigenvalue weighted by Crippen LogP contribution is -2.13. The van der Waals surface area contributed by atoms with Crippen molar-refractivity contribution in [1.29, 1.82) is 0 Å². The van der Waals surface area contributed by atoms with Gasteiger partial charge in [0.05, 0.1) is 30.8 Å². The van der Waals surface area contributed by atoms with Crippen molar-refractivity contribution in [2.24, 2.45) is 0 Å². The first-order valence-corrected chi connectivity index (χ1v) is 5.49. The maximum atomic E-state index is 9.05. The largest absolute Gasteiger partial charge is 0.394 e. The van der Waals surface area contributed by atoms with Crippen LogP contribution in [0.4, 0.5) is 5.82 Å². The molecule has 2 aromatic rings. The highest BCUT2D eigenvalue weighted by molar-refractivity contribution is 5.83. The molecule has 3 N–H and O–H groups in total. The van der Waals surface area contributed by atoms with E-state index < -0.39 is 0 Å². The smallest absolute Gasteiger partial charge is 0.174 e. The summed E-state index contributed by atoms with van der Waals surface area (Å²) in [6.45, 7) is 0.0467. The zero-order valence-corrected chi connectivity index (χ0v) is 9.15. The van der Waals surface area contributed by atoms with Gasteiger partial charge in [0.2, 0.25) is 0 Å². The molecule has 17 heavy (non-hydrogen) atoms. The third kappa shape index (κ3) is 1.63. The number of hydrogen-bond donors (Lipinski definition) is 2. The summed E-state index contributed by atoms with van der Waals surface area (Å²) >= 11 is 0. The zero-order valence-electron chi connectivity index (χ0n) is 9.15. The first-order chi connectivity index (χ1) is 8.29. The summed E-state index contributed by atoms with van der Waals surface area (Å²) in [5, 5.41) is 16.6. The minimum absolute atomic E-state index is 0.0467. The van der Waals surface area contributed by atoms with Crippen LogP contribution in [0.3, 0.4) is 0 Å². The van der Waals surface area contributed by atoms with Crippen molar-refractivity contribution in [3.8, 4) is 0 Å². The van der Waals surface area contributed by atoms with Crippen molar-refractivity contribution in [3.05, 3.63) is 12.5 Å². The molecule has 0 saturated carbocycles. The number of rotatable bonds is 2. The third-order valence-corrected chi connectivity index (χ3v) is 3.02. The molecular formula is C10H13N5O2. The molecule has 0 aliphatic carbocycles. The van der Waals surface area contributed by atoms with E-state index in [1.165, 1.54) is 0 Å². The molecule has 2 aromatic heterocycles. The average Bonchev–Trinajstić information content (AvgIpc) is 2.94. The summed E-state index contributed by atoms with van der Waals surface area (Å²) in [6, 6.07) is 0. The lowest BCUT2D eigenvalue weighted by Gasteiger charge is -2.14. The molecule has 1 aliphatic heterocycles. The highest BCUT2D eigenvalue weighted by Crippen LogP contribution is 2.30. The summed E-state index contributed by atoms with van der Waals surface area (Å²) < 4.78 is 7.57. The Kier molecular flexibility index (Phi) is 2.41. The molecule has 2 atom stereocenters. The molecule has 0 unspecified atom stereocenters. The number of nitrogens with two attached hydrogens (primary N) is 1. The van der Waals surface area contributed by atoms with Gasteiger partial charge in [-0.3, -0.25) is 0 Å². The number of aliphatic hydroxyl groups is 1. The Hall–Kier alpha value is -1.73. The van der Waals surface area contributed by atoms with Crippen molar-refractivity contribution in [2.45, 2.75) is 25.2 Å². The van der Waals surface area contributed by atoms with Crippen LogP contribution in [-0.4, -0.2) is 37.6 Å². The quantitative estimate of drug-likeness (QED) is 0.764. The summed E-state index contributed by atoms with van der Waals surface area (Å²) in [7, 11) is 0. The van der Waals surface area contributed by atoms with Crippen molar-refractivity contribution in [1.82, 2.24) is 19.7 Å². The number of imidazole rings is 1. The molecule has 0 aromatic carbocycles. The van der Waals surface area contributed by atoms with E-state index in [1.54, 1.807) is 12.5 Å². The van der Waals surface area contributed by atoms with Crippen LogP contribution < -0.4 is 5.73 Å². The molecule has 0 bridgehead atoms. The van der Waals surface area contributed by atoms with Gasteiger partial charge < -0.3 is 20.1 Å². The molecule has 0 spiro atoms. The average molecular weight is 235 g/mol. The van der Waals surface area contributed by atoms with Gasteiger partial charge in [-0.2, -0.15) is 5.10 Å². The molecule has 0 radical (unpaired) electrons. The number of aliphatic hydroxyl groups excluding tert-OH is 1. The van der Waals surface area contributed by atoms with Crippen LogP contribution in [0.15, 0.2) is 12.5 Å². The Bertz CT molecular complexity index is 540. The first-order valence-electron chi connectivity index (χ1n) is 5.49. The highest BCUT2D eigenvalue weighted by atomic mass is 16.5. The van der Waals surface area contributed by atoms with Gasteiger partial charge in [-0.05, 0) is 12.8 Å². The number of nitrogen functional groups attached to an aromatic ring is 1. The molecule has 3 rings (SSSR count). The van der Waals surface area contributed by atoms with E-state index in [0.717, 1.165) is 18.4 Å². The predicted octanol–water partition coefficient (Wildman–Crippen LogP) is 0.0784. The monoisotopic (exact) mass is 235 g/mol. The fourth-order valence-electron chi connectivity index (χ4n) is 2.14. The maximum absolute atomic E-state index is 9.05. The molecule has 0 amide bonds. The lowest BCUT2D eigenvalue weighted by atomic mass is 10.2. The van der Waals surface area contributed by atoms with E-state index in [1.807, 2.05) is 4.57 Å². The number of hydrogen-bond acceptors (Lipinski definition) is 6. The van der Waals surface area contributed by atoms with Gasteiger partial charge in [0.15, 0.2) is 5.82 Å². The molecule has 7 heteroatoms. The second-order valence-corrected chi connectivity index (χ2v) is 4.09. The summed E-state index contributed by atoms with van der Waals surface area (Å²) in [4.78, 5) is 4.21. The van der Waals surface area contributed by atoms with Gasteiger partial charge in [-0.15, -0.1) is 5.10 Å². The summed E-state index contributed by atoms with van der Waals surface area (Å²) in [5.41, 5.74) is 7.13. The topological polar surface area (TPSA) is 99.1 Å². The first kappa shape index (κ1) is 10.4. The number of ether oxygens (including phenoxy) is 1.